The monoisotopic (exact) mass is 307 g/mol. The molecule has 2 rings (SSSR count). The minimum absolute atomic E-state index is 0.0513. The first-order valence-electron chi connectivity index (χ1n) is 6.27. The largest absolute Gasteiger partial charge is 0.481 e. The van der Waals surface area contributed by atoms with E-state index in [0.29, 0.717) is 17.3 Å². The number of halogens is 1. The van der Waals surface area contributed by atoms with Gasteiger partial charge in [-0.25, -0.2) is 9.37 Å². The van der Waals surface area contributed by atoms with Crippen molar-refractivity contribution >= 4 is 28.1 Å². The molecule has 2 N–H and O–H groups in total. The number of carboxylic acids is 1. The maximum absolute atomic E-state index is 12.9. The number of aromatic nitrogens is 1. The number of carbonyl (C=O) groups is 1. The van der Waals surface area contributed by atoms with Gasteiger partial charge in [0.2, 0.25) is 5.13 Å². The lowest BCUT2D eigenvalue weighted by molar-refractivity contribution is -0.136. The van der Waals surface area contributed by atoms with Crippen molar-refractivity contribution in [2.75, 3.05) is 5.43 Å². The van der Waals surface area contributed by atoms with Gasteiger partial charge in [-0.15, -0.1) is 11.3 Å². The zero-order valence-corrected chi connectivity index (χ0v) is 12.2. The van der Waals surface area contributed by atoms with Crippen LogP contribution in [0.25, 0.3) is 11.3 Å². The Hall–Kier alpha value is -2.28. The highest BCUT2D eigenvalue weighted by Crippen LogP contribution is 2.24. The Morgan fingerprint density at radius 3 is 2.76 bits per heavy atom. The molecule has 1 aromatic heterocycles. The summed E-state index contributed by atoms with van der Waals surface area (Å²) < 4.78 is 12.9. The first kappa shape index (κ1) is 15.1. The van der Waals surface area contributed by atoms with Crippen molar-refractivity contribution in [1.82, 2.24) is 4.98 Å². The third-order valence-electron chi connectivity index (χ3n) is 2.69. The number of rotatable bonds is 6. The fourth-order valence-corrected chi connectivity index (χ4v) is 2.23. The highest BCUT2D eigenvalue weighted by molar-refractivity contribution is 7.14. The highest BCUT2D eigenvalue weighted by Gasteiger charge is 2.04. The SMILES string of the molecule is C/C(CCC(=O)O)=N\Nc1nc(-c2ccc(F)cc2)cs1. The molecule has 5 nitrogen and oxygen atoms in total. The molecule has 2 aromatic rings. The van der Waals surface area contributed by atoms with Crippen LogP contribution in [0.3, 0.4) is 0 Å². The van der Waals surface area contributed by atoms with E-state index in [1.54, 1.807) is 19.1 Å². The molecule has 0 fully saturated rings. The maximum Gasteiger partial charge on any atom is 0.303 e. The standard InChI is InChI=1S/C14H14FN3O2S/c1-9(2-7-13(19)20)17-18-14-16-12(8-21-14)10-3-5-11(15)6-4-10/h3-6,8H,2,7H2,1H3,(H,16,18)(H,19,20)/b17-9+. The highest BCUT2D eigenvalue weighted by atomic mass is 32.1. The van der Waals surface area contributed by atoms with Crippen LogP contribution >= 0.6 is 11.3 Å². The van der Waals surface area contributed by atoms with Crippen LogP contribution in [0.4, 0.5) is 9.52 Å². The van der Waals surface area contributed by atoms with Crippen LogP contribution in [-0.4, -0.2) is 21.8 Å². The van der Waals surface area contributed by atoms with Crippen LogP contribution in [0.15, 0.2) is 34.7 Å². The number of hydrazone groups is 1. The molecule has 0 bridgehead atoms. The number of hydrogen-bond acceptors (Lipinski definition) is 5. The molecule has 0 saturated heterocycles. The van der Waals surface area contributed by atoms with Gasteiger partial charge in [-0.3, -0.25) is 10.2 Å². The molecule has 0 aliphatic carbocycles. The number of thiazole rings is 1. The molecule has 1 aromatic carbocycles. The minimum atomic E-state index is -0.850. The van der Waals surface area contributed by atoms with E-state index in [9.17, 15) is 9.18 Å². The van der Waals surface area contributed by atoms with Gasteiger partial charge >= 0.3 is 5.97 Å². The summed E-state index contributed by atoms with van der Waals surface area (Å²) >= 11 is 1.38. The topological polar surface area (TPSA) is 74.6 Å². The summed E-state index contributed by atoms with van der Waals surface area (Å²) in [5.41, 5.74) is 5.05. The van der Waals surface area contributed by atoms with Crippen LogP contribution in [0, 0.1) is 5.82 Å². The Morgan fingerprint density at radius 1 is 1.38 bits per heavy atom. The van der Waals surface area contributed by atoms with Crippen LogP contribution in [-0.2, 0) is 4.79 Å². The number of anilines is 1. The molecule has 21 heavy (non-hydrogen) atoms. The van der Waals surface area contributed by atoms with Crippen molar-refractivity contribution in [3.05, 3.63) is 35.5 Å². The van der Waals surface area contributed by atoms with E-state index in [4.69, 9.17) is 5.11 Å². The predicted octanol–water partition coefficient (Wildman–Crippen LogP) is 3.60. The Morgan fingerprint density at radius 2 is 2.10 bits per heavy atom. The second-order valence-electron chi connectivity index (χ2n) is 4.40. The average Bonchev–Trinajstić information content (AvgIpc) is 2.92. The molecular weight excluding hydrogens is 293 g/mol. The third-order valence-corrected chi connectivity index (χ3v) is 3.43. The number of benzene rings is 1. The average molecular weight is 307 g/mol. The molecule has 0 aliphatic rings. The van der Waals surface area contributed by atoms with E-state index in [1.807, 2.05) is 5.38 Å². The molecule has 0 saturated carbocycles. The summed E-state index contributed by atoms with van der Waals surface area (Å²) in [6.45, 7) is 1.75. The second-order valence-corrected chi connectivity index (χ2v) is 5.26. The molecule has 0 radical (unpaired) electrons. The Labute approximate surface area is 125 Å². The lowest BCUT2D eigenvalue weighted by Gasteiger charge is -1.99. The normalized spacial score (nSPS) is 11.4. The number of carboxylic acid groups (broad SMARTS) is 1. The van der Waals surface area contributed by atoms with Crippen molar-refractivity contribution in [2.45, 2.75) is 19.8 Å². The molecular formula is C14H14FN3O2S. The van der Waals surface area contributed by atoms with Gasteiger partial charge in [-0.1, -0.05) is 0 Å². The van der Waals surface area contributed by atoms with Gasteiger partial charge in [-0.05, 0) is 37.6 Å². The summed E-state index contributed by atoms with van der Waals surface area (Å²) in [6, 6.07) is 6.09. The Balaban J connectivity index is 1.98. The van der Waals surface area contributed by atoms with E-state index in [-0.39, 0.29) is 12.2 Å². The fourth-order valence-electron chi connectivity index (χ4n) is 1.57. The van der Waals surface area contributed by atoms with Crippen molar-refractivity contribution in [1.29, 1.82) is 0 Å². The molecule has 1 heterocycles. The number of nitrogens with zero attached hydrogens (tertiary/aromatic N) is 2. The summed E-state index contributed by atoms with van der Waals surface area (Å²) in [6.07, 6.45) is 0.439. The van der Waals surface area contributed by atoms with Gasteiger partial charge in [0.15, 0.2) is 0 Å². The molecule has 0 aliphatic heterocycles. The van der Waals surface area contributed by atoms with E-state index >= 15 is 0 Å². The Kier molecular flexibility index (Phi) is 4.99. The van der Waals surface area contributed by atoms with Crippen LogP contribution in [0.5, 0.6) is 0 Å². The molecule has 0 atom stereocenters. The quantitative estimate of drug-likeness (QED) is 0.631. The summed E-state index contributed by atoms with van der Waals surface area (Å²) in [5, 5.41) is 15.1. The van der Waals surface area contributed by atoms with Crippen LogP contribution < -0.4 is 5.43 Å². The summed E-state index contributed by atoms with van der Waals surface area (Å²) in [5.74, 6) is -1.14. The van der Waals surface area contributed by atoms with Gasteiger partial charge in [0.1, 0.15) is 5.82 Å². The first-order valence-corrected chi connectivity index (χ1v) is 7.15. The Bertz CT molecular complexity index is 652. The summed E-state index contributed by atoms with van der Waals surface area (Å²) in [7, 11) is 0. The van der Waals surface area contributed by atoms with Gasteiger partial charge < -0.3 is 5.11 Å². The molecule has 0 unspecified atom stereocenters. The lowest BCUT2D eigenvalue weighted by Crippen LogP contribution is -2.02. The van der Waals surface area contributed by atoms with Gasteiger partial charge in [0.05, 0.1) is 12.1 Å². The second kappa shape index (κ2) is 6.94. The lowest BCUT2D eigenvalue weighted by atomic mass is 10.2. The number of aliphatic carboxylic acids is 1. The van der Waals surface area contributed by atoms with Gasteiger partial charge in [0, 0.05) is 16.7 Å². The van der Waals surface area contributed by atoms with Crippen molar-refractivity contribution < 1.29 is 14.3 Å². The van der Waals surface area contributed by atoms with Gasteiger partial charge in [0.25, 0.3) is 0 Å². The molecule has 0 spiro atoms. The predicted molar refractivity (Wildman–Crippen MR) is 81.1 cm³/mol. The number of nitrogens with one attached hydrogen (secondary N) is 1. The molecule has 110 valence electrons. The van der Waals surface area contributed by atoms with E-state index in [1.165, 1.54) is 23.5 Å². The summed E-state index contributed by atoms with van der Waals surface area (Å²) in [4.78, 5) is 14.8. The third kappa shape index (κ3) is 4.64. The maximum atomic E-state index is 12.9. The zero-order valence-electron chi connectivity index (χ0n) is 11.3. The van der Waals surface area contributed by atoms with Crippen LogP contribution in [0.1, 0.15) is 19.8 Å². The first-order chi connectivity index (χ1) is 10.0. The van der Waals surface area contributed by atoms with E-state index < -0.39 is 5.97 Å². The van der Waals surface area contributed by atoms with Crippen molar-refractivity contribution in [3.63, 3.8) is 0 Å². The van der Waals surface area contributed by atoms with Crippen LogP contribution in [0.2, 0.25) is 0 Å². The molecule has 7 heteroatoms. The minimum Gasteiger partial charge on any atom is -0.481 e. The fraction of sp³-hybridized carbons (Fsp3) is 0.214. The van der Waals surface area contributed by atoms with E-state index in [0.717, 1.165) is 11.3 Å². The van der Waals surface area contributed by atoms with Gasteiger partial charge in [-0.2, -0.15) is 5.10 Å². The zero-order chi connectivity index (χ0) is 15.2. The van der Waals surface area contributed by atoms with E-state index in [2.05, 4.69) is 15.5 Å². The van der Waals surface area contributed by atoms with Crippen molar-refractivity contribution in [2.24, 2.45) is 5.10 Å². The van der Waals surface area contributed by atoms with Crippen molar-refractivity contribution in [3.8, 4) is 11.3 Å². The number of hydrogen-bond donors (Lipinski definition) is 2. The smallest absolute Gasteiger partial charge is 0.303 e. The molecule has 0 amide bonds.